The minimum atomic E-state index is -1.01. The number of hydrogen-bond donors (Lipinski definition) is 1. The Morgan fingerprint density at radius 2 is 1.90 bits per heavy atom. The second-order valence-corrected chi connectivity index (χ2v) is 4.21. The molecule has 0 radical (unpaired) electrons. The number of rotatable bonds is 3. The Balaban J connectivity index is 2.00. The first kappa shape index (κ1) is 12.1. The van der Waals surface area contributed by atoms with E-state index in [1.807, 2.05) is 36.4 Å². The number of carboxylic acids is 1. The van der Waals surface area contributed by atoms with Gasteiger partial charge in [-0.25, -0.2) is 14.3 Å². The quantitative estimate of drug-likeness (QED) is 0.790. The highest BCUT2D eigenvalue weighted by Gasteiger charge is 2.11. The van der Waals surface area contributed by atoms with Crippen molar-refractivity contribution in [2.75, 3.05) is 0 Å². The highest BCUT2D eigenvalue weighted by atomic mass is 16.4. The summed E-state index contributed by atoms with van der Waals surface area (Å²) in [5.41, 5.74) is 1.51. The molecule has 0 aliphatic rings. The molecule has 3 rings (SSSR count). The molecule has 0 amide bonds. The summed E-state index contributed by atoms with van der Waals surface area (Å²) in [5.74, 6) is -0.538. The lowest BCUT2D eigenvalue weighted by Gasteiger charge is -1.94. The first-order valence-corrected chi connectivity index (χ1v) is 6.06. The van der Waals surface area contributed by atoms with Gasteiger partial charge in [-0.3, -0.25) is 0 Å². The molecule has 5 heteroatoms. The van der Waals surface area contributed by atoms with Crippen LogP contribution in [-0.4, -0.2) is 25.7 Å². The smallest absolute Gasteiger partial charge is 0.339 e. The van der Waals surface area contributed by atoms with E-state index in [1.165, 1.54) is 10.6 Å². The molecule has 0 spiro atoms. The van der Waals surface area contributed by atoms with Gasteiger partial charge >= 0.3 is 5.97 Å². The summed E-state index contributed by atoms with van der Waals surface area (Å²) in [6.07, 6.45) is 5.32. The van der Waals surface area contributed by atoms with E-state index in [0.717, 1.165) is 5.56 Å². The van der Waals surface area contributed by atoms with Crippen molar-refractivity contribution in [3.8, 4) is 0 Å². The first-order chi connectivity index (χ1) is 9.74. The van der Waals surface area contributed by atoms with Gasteiger partial charge in [0.2, 0.25) is 0 Å². The number of carbonyl (C=O) groups is 1. The van der Waals surface area contributed by atoms with Crippen LogP contribution in [-0.2, 0) is 0 Å². The van der Waals surface area contributed by atoms with Crippen molar-refractivity contribution in [3.63, 3.8) is 0 Å². The van der Waals surface area contributed by atoms with Crippen molar-refractivity contribution >= 4 is 23.8 Å². The summed E-state index contributed by atoms with van der Waals surface area (Å²) >= 11 is 0. The average molecular weight is 265 g/mol. The predicted molar refractivity (Wildman–Crippen MR) is 75.3 cm³/mol. The van der Waals surface area contributed by atoms with Crippen molar-refractivity contribution < 1.29 is 9.90 Å². The average Bonchev–Trinajstić information content (AvgIpc) is 2.88. The fourth-order valence-corrected chi connectivity index (χ4v) is 1.90. The van der Waals surface area contributed by atoms with Gasteiger partial charge in [-0.15, -0.1) is 5.10 Å². The van der Waals surface area contributed by atoms with Gasteiger partial charge in [-0.05, 0) is 23.8 Å². The van der Waals surface area contributed by atoms with Crippen molar-refractivity contribution in [3.05, 3.63) is 65.6 Å². The zero-order valence-electron chi connectivity index (χ0n) is 10.5. The Bertz CT molecular complexity index is 791. The van der Waals surface area contributed by atoms with Crippen LogP contribution in [0.2, 0.25) is 0 Å². The van der Waals surface area contributed by atoms with Gasteiger partial charge in [-0.1, -0.05) is 36.4 Å². The van der Waals surface area contributed by atoms with Gasteiger partial charge < -0.3 is 5.11 Å². The topological polar surface area (TPSA) is 67.5 Å². The number of carboxylic acid groups (broad SMARTS) is 1. The van der Waals surface area contributed by atoms with Gasteiger partial charge in [0.05, 0.1) is 0 Å². The van der Waals surface area contributed by atoms with Crippen molar-refractivity contribution in [2.45, 2.75) is 0 Å². The fraction of sp³-hybridized carbons (Fsp3) is 0. The highest BCUT2D eigenvalue weighted by Crippen LogP contribution is 2.11. The van der Waals surface area contributed by atoms with E-state index in [1.54, 1.807) is 18.3 Å². The predicted octanol–water partition coefficient (Wildman–Crippen LogP) is 2.60. The van der Waals surface area contributed by atoms with Crippen molar-refractivity contribution in [1.29, 1.82) is 0 Å². The molecule has 0 saturated carbocycles. The number of nitrogens with zero attached hydrogens (tertiary/aromatic N) is 3. The lowest BCUT2D eigenvalue weighted by Crippen LogP contribution is -2.00. The van der Waals surface area contributed by atoms with E-state index in [2.05, 4.69) is 10.1 Å². The van der Waals surface area contributed by atoms with E-state index in [0.29, 0.717) is 11.5 Å². The van der Waals surface area contributed by atoms with Crippen molar-refractivity contribution in [2.24, 2.45) is 0 Å². The molecule has 0 bridgehead atoms. The van der Waals surface area contributed by atoms with Crippen LogP contribution in [0.25, 0.3) is 17.8 Å². The van der Waals surface area contributed by atoms with E-state index in [9.17, 15) is 4.79 Å². The zero-order valence-corrected chi connectivity index (χ0v) is 10.5. The summed E-state index contributed by atoms with van der Waals surface area (Å²) in [6.45, 7) is 0. The Morgan fingerprint density at radius 3 is 2.65 bits per heavy atom. The lowest BCUT2D eigenvalue weighted by molar-refractivity contribution is 0.0698. The summed E-state index contributed by atoms with van der Waals surface area (Å²) in [4.78, 5) is 15.3. The number of aromatic nitrogens is 3. The molecule has 5 nitrogen and oxygen atoms in total. The molecule has 20 heavy (non-hydrogen) atoms. The van der Waals surface area contributed by atoms with Gasteiger partial charge in [0.15, 0.2) is 11.5 Å². The molecule has 0 aliphatic carbocycles. The van der Waals surface area contributed by atoms with Gasteiger partial charge in [-0.2, -0.15) is 0 Å². The SMILES string of the molecule is O=C(O)c1cccn2nc(/C=C/c3ccccc3)nc12. The summed E-state index contributed by atoms with van der Waals surface area (Å²) in [5, 5.41) is 13.3. The molecule has 0 saturated heterocycles. The minimum Gasteiger partial charge on any atom is -0.478 e. The zero-order chi connectivity index (χ0) is 13.9. The molecular formula is C15H11N3O2. The number of aromatic carboxylic acids is 1. The molecule has 1 aromatic carbocycles. The molecule has 0 unspecified atom stereocenters. The molecule has 3 aromatic rings. The molecular weight excluding hydrogens is 254 g/mol. The van der Waals surface area contributed by atoms with Crippen LogP contribution in [0, 0.1) is 0 Å². The Labute approximate surface area is 114 Å². The maximum absolute atomic E-state index is 11.1. The van der Waals surface area contributed by atoms with E-state index >= 15 is 0 Å². The van der Waals surface area contributed by atoms with Crippen molar-refractivity contribution in [1.82, 2.24) is 14.6 Å². The molecule has 98 valence electrons. The first-order valence-electron chi connectivity index (χ1n) is 6.06. The molecule has 2 heterocycles. The summed E-state index contributed by atoms with van der Waals surface area (Å²) in [7, 11) is 0. The summed E-state index contributed by atoms with van der Waals surface area (Å²) in [6, 6.07) is 12.9. The third kappa shape index (κ3) is 2.29. The van der Waals surface area contributed by atoms with Gasteiger partial charge in [0, 0.05) is 6.20 Å². The molecule has 0 fully saturated rings. The van der Waals surface area contributed by atoms with Crippen LogP contribution < -0.4 is 0 Å². The van der Waals surface area contributed by atoms with Crippen LogP contribution in [0.4, 0.5) is 0 Å². The summed E-state index contributed by atoms with van der Waals surface area (Å²) < 4.78 is 1.47. The monoisotopic (exact) mass is 265 g/mol. The number of pyridine rings is 1. The van der Waals surface area contributed by atoms with Crippen LogP contribution >= 0.6 is 0 Å². The highest BCUT2D eigenvalue weighted by molar-refractivity contribution is 5.94. The third-order valence-electron chi connectivity index (χ3n) is 2.83. The van der Waals surface area contributed by atoms with Crippen LogP contribution in [0.15, 0.2) is 48.7 Å². The molecule has 0 atom stereocenters. The minimum absolute atomic E-state index is 0.138. The third-order valence-corrected chi connectivity index (χ3v) is 2.83. The normalized spacial score (nSPS) is 11.2. The number of fused-ring (bicyclic) bond motifs is 1. The number of benzene rings is 1. The maximum atomic E-state index is 11.1. The van der Waals surface area contributed by atoms with Crippen LogP contribution in [0.5, 0.6) is 0 Å². The fourth-order valence-electron chi connectivity index (χ4n) is 1.90. The Kier molecular flexibility index (Phi) is 3.01. The second-order valence-electron chi connectivity index (χ2n) is 4.21. The van der Waals surface area contributed by atoms with Gasteiger partial charge in [0.1, 0.15) is 5.56 Å². The Morgan fingerprint density at radius 1 is 1.10 bits per heavy atom. The van der Waals surface area contributed by atoms with Crippen LogP contribution in [0.3, 0.4) is 0 Å². The second kappa shape index (κ2) is 4.97. The Hall–Kier alpha value is -2.95. The standard InChI is InChI=1S/C15H11N3O2/c19-15(20)12-7-4-10-18-14(12)16-13(17-18)9-8-11-5-2-1-3-6-11/h1-10H,(H,19,20)/b9-8+. The van der Waals surface area contributed by atoms with E-state index in [4.69, 9.17) is 5.11 Å². The molecule has 2 aromatic heterocycles. The lowest BCUT2D eigenvalue weighted by atomic mass is 10.2. The van der Waals surface area contributed by atoms with E-state index < -0.39 is 5.97 Å². The van der Waals surface area contributed by atoms with Gasteiger partial charge in [0.25, 0.3) is 0 Å². The van der Waals surface area contributed by atoms with E-state index in [-0.39, 0.29) is 5.56 Å². The largest absolute Gasteiger partial charge is 0.478 e. The number of hydrogen-bond acceptors (Lipinski definition) is 3. The van der Waals surface area contributed by atoms with Crippen LogP contribution in [0.1, 0.15) is 21.7 Å². The molecule has 0 aliphatic heterocycles. The maximum Gasteiger partial charge on any atom is 0.339 e. The molecule has 1 N–H and O–H groups in total.